The van der Waals surface area contributed by atoms with Crippen molar-refractivity contribution in [1.82, 2.24) is 18.8 Å². The van der Waals surface area contributed by atoms with E-state index in [1.165, 1.54) is 33.5 Å². The second-order valence-electron chi connectivity index (χ2n) is 7.78. The van der Waals surface area contributed by atoms with E-state index in [0.717, 1.165) is 0 Å². The molecule has 0 radical (unpaired) electrons. The van der Waals surface area contributed by atoms with Crippen molar-refractivity contribution in [2.24, 2.45) is 0 Å². The van der Waals surface area contributed by atoms with Gasteiger partial charge in [-0.05, 0) is 30.3 Å². The van der Waals surface area contributed by atoms with Gasteiger partial charge in [-0.15, -0.1) is 0 Å². The molecule has 1 aliphatic heterocycles. The molecule has 34 heavy (non-hydrogen) atoms. The largest absolute Gasteiger partial charge is 0.340 e. The van der Waals surface area contributed by atoms with E-state index in [9.17, 15) is 22.4 Å². The first-order chi connectivity index (χ1) is 16.3. The number of anilines is 1. The summed E-state index contributed by atoms with van der Waals surface area (Å²) in [6, 6.07) is 12.5. The van der Waals surface area contributed by atoms with Crippen molar-refractivity contribution < 1.29 is 22.4 Å². The molecular weight excluding hydrogens is 461 g/mol. The summed E-state index contributed by atoms with van der Waals surface area (Å²) in [5.74, 6) is -1.16. The molecule has 0 atom stereocenters. The number of hydrogen-bond donors (Lipinski definition) is 1. The maximum Gasteiger partial charge on any atom is 0.243 e. The average molecular weight is 486 g/mol. The smallest absolute Gasteiger partial charge is 0.243 e. The van der Waals surface area contributed by atoms with Crippen LogP contribution in [-0.4, -0.2) is 65.2 Å². The topological polar surface area (TPSA) is 105 Å². The van der Waals surface area contributed by atoms with E-state index in [1.54, 1.807) is 47.5 Å². The molecule has 0 saturated carbocycles. The molecule has 178 valence electrons. The summed E-state index contributed by atoms with van der Waals surface area (Å²) >= 11 is 0. The van der Waals surface area contributed by atoms with Gasteiger partial charge in [-0.1, -0.05) is 18.2 Å². The van der Waals surface area contributed by atoms with Crippen LogP contribution in [0.3, 0.4) is 0 Å². The Hall–Kier alpha value is -3.57. The molecule has 11 heteroatoms. The van der Waals surface area contributed by atoms with Crippen LogP contribution in [0.5, 0.6) is 0 Å². The highest BCUT2D eigenvalue weighted by molar-refractivity contribution is 7.89. The van der Waals surface area contributed by atoms with Crippen molar-refractivity contribution in [3.63, 3.8) is 0 Å². The molecule has 1 fully saturated rings. The Morgan fingerprint density at radius 2 is 1.74 bits per heavy atom. The number of sulfonamides is 1. The van der Waals surface area contributed by atoms with Gasteiger partial charge in [-0.2, -0.15) is 4.31 Å². The van der Waals surface area contributed by atoms with Crippen LogP contribution in [0.2, 0.25) is 0 Å². The Labute approximate surface area is 196 Å². The van der Waals surface area contributed by atoms with Gasteiger partial charge in [-0.25, -0.2) is 17.8 Å². The molecular formula is C23H24FN5O4S. The van der Waals surface area contributed by atoms with E-state index in [0.29, 0.717) is 11.4 Å². The van der Waals surface area contributed by atoms with Gasteiger partial charge in [0, 0.05) is 57.1 Å². The molecule has 2 heterocycles. The van der Waals surface area contributed by atoms with Crippen LogP contribution in [0.4, 0.5) is 10.1 Å². The molecule has 9 nitrogen and oxygen atoms in total. The molecule has 3 aromatic rings. The SMILES string of the molecule is O=C(CCC(=O)N1CCN(S(=O)(=O)c2ccccc2)CC1)Nc1ccc(-n2ccnc2)c(F)c1. The van der Waals surface area contributed by atoms with E-state index >= 15 is 0 Å². The van der Waals surface area contributed by atoms with Gasteiger partial charge >= 0.3 is 0 Å². The molecule has 1 aromatic heterocycles. The third-order valence-corrected chi connectivity index (χ3v) is 7.47. The maximum atomic E-state index is 14.3. The number of imidazole rings is 1. The molecule has 4 rings (SSSR count). The normalized spacial score (nSPS) is 14.7. The summed E-state index contributed by atoms with van der Waals surface area (Å²) in [4.78, 5) is 30.4. The molecule has 1 aliphatic rings. The minimum absolute atomic E-state index is 0.0210. The molecule has 0 bridgehead atoms. The van der Waals surface area contributed by atoms with Crippen LogP contribution in [0.25, 0.3) is 5.69 Å². The monoisotopic (exact) mass is 485 g/mol. The fraction of sp³-hybridized carbons (Fsp3) is 0.261. The number of hydrogen-bond acceptors (Lipinski definition) is 5. The number of aromatic nitrogens is 2. The minimum Gasteiger partial charge on any atom is -0.340 e. The lowest BCUT2D eigenvalue weighted by atomic mass is 10.2. The highest BCUT2D eigenvalue weighted by atomic mass is 32.2. The number of halogens is 1. The van der Waals surface area contributed by atoms with E-state index in [2.05, 4.69) is 10.3 Å². The van der Waals surface area contributed by atoms with Crippen molar-refractivity contribution in [3.8, 4) is 5.69 Å². The zero-order valence-electron chi connectivity index (χ0n) is 18.3. The highest BCUT2D eigenvalue weighted by Crippen LogP contribution is 2.19. The van der Waals surface area contributed by atoms with Crippen molar-refractivity contribution in [2.75, 3.05) is 31.5 Å². The maximum absolute atomic E-state index is 14.3. The Morgan fingerprint density at radius 1 is 1.00 bits per heavy atom. The third-order valence-electron chi connectivity index (χ3n) is 5.55. The van der Waals surface area contributed by atoms with Crippen LogP contribution < -0.4 is 5.32 Å². The van der Waals surface area contributed by atoms with Gasteiger partial charge in [0.05, 0.1) is 16.9 Å². The minimum atomic E-state index is -3.60. The van der Waals surface area contributed by atoms with Crippen molar-refractivity contribution in [2.45, 2.75) is 17.7 Å². The Morgan fingerprint density at radius 3 is 2.38 bits per heavy atom. The summed E-state index contributed by atoms with van der Waals surface area (Å²) in [6.45, 7) is 0.899. The Kier molecular flexibility index (Phi) is 7.03. The molecule has 0 aliphatic carbocycles. The summed E-state index contributed by atoms with van der Waals surface area (Å²) in [5, 5.41) is 2.60. The first kappa shape index (κ1) is 23.6. The van der Waals surface area contributed by atoms with Crippen LogP contribution in [0.1, 0.15) is 12.8 Å². The van der Waals surface area contributed by atoms with Crippen LogP contribution in [0.15, 0.2) is 72.1 Å². The molecule has 2 aromatic carbocycles. The van der Waals surface area contributed by atoms with E-state index < -0.39 is 21.7 Å². The predicted molar refractivity (Wildman–Crippen MR) is 123 cm³/mol. The first-order valence-electron chi connectivity index (χ1n) is 10.8. The number of amides is 2. The molecule has 2 amide bonds. The van der Waals surface area contributed by atoms with E-state index in [1.807, 2.05) is 0 Å². The zero-order valence-corrected chi connectivity index (χ0v) is 19.1. The number of carbonyl (C=O) groups excluding carboxylic acids is 2. The van der Waals surface area contributed by atoms with Crippen LogP contribution in [0, 0.1) is 5.82 Å². The number of nitrogens with zero attached hydrogens (tertiary/aromatic N) is 4. The third kappa shape index (κ3) is 5.32. The average Bonchev–Trinajstić information content (AvgIpc) is 3.38. The molecule has 1 N–H and O–H groups in total. The predicted octanol–water partition coefficient (Wildman–Crippen LogP) is 2.26. The first-order valence-corrected chi connectivity index (χ1v) is 12.2. The van der Waals surface area contributed by atoms with Crippen LogP contribution in [-0.2, 0) is 19.6 Å². The molecule has 1 saturated heterocycles. The Bertz CT molecular complexity index is 1260. The summed E-state index contributed by atoms with van der Waals surface area (Å²) < 4.78 is 42.6. The fourth-order valence-electron chi connectivity index (χ4n) is 3.72. The van der Waals surface area contributed by atoms with Crippen molar-refractivity contribution in [3.05, 3.63) is 73.1 Å². The molecule has 0 spiro atoms. The quantitative estimate of drug-likeness (QED) is 0.553. The summed E-state index contributed by atoms with van der Waals surface area (Å²) in [5.41, 5.74) is 0.595. The lowest BCUT2D eigenvalue weighted by Crippen LogP contribution is -2.50. The van der Waals surface area contributed by atoms with Gasteiger partial charge in [-0.3, -0.25) is 9.59 Å². The fourth-order valence-corrected chi connectivity index (χ4v) is 5.16. The highest BCUT2D eigenvalue weighted by Gasteiger charge is 2.30. The van der Waals surface area contributed by atoms with E-state index in [4.69, 9.17) is 0 Å². The van der Waals surface area contributed by atoms with Crippen molar-refractivity contribution in [1.29, 1.82) is 0 Å². The number of piperazine rings is 1. The summed E-state index contributed by atoms with van der Waals surface area (Å²) in [6.07, 6.45) is 4.53. The second-order valence-corrected chi connectivity index (χ2v) is 9.72. The van der Waals surface area contributed by atoms with Gasteiger partial charge < -0.3 is 14.8 Å². The van der Waals surface area contributed by atoms with Gasteiger partial charge in [0.25, 0.3) is 0 Å². The van der Waals surface area contributed by atoms with Gasteiger partial charge in [0.1, 0.15) is 5.82 Å². The number of carbonyl (C=O) groups is 2. The van der Waals surface area contributed by atoms with Gasteiger partial charge in [0.15, 0.2) is 0 Å². The number of benzene rings is 2. The second kappa shape index (κ2) is 10.1. The Balaban J connectivity index is 1.25. The zero-order chi connectivity index (χ0) is 24.1. The summed E-state index contributed by atoms with van der Waals surface area (Å²) in [7, 11) is -3.60. The van der Waals surface area contributed by atoms with Crippen LogP contribution >= 0.6 is 0 Å². The van der Waals surface area contributed by atoms with E-state index in [-0.39, 0.29) is 49.8 Å². The lowest BCUT2D eigenvalue weighted by Gasteiger charge is -2.34. The number of nitrogens with one attached hydrogen (secondary N) is 1. The lowest BCUT2D eigenvalue weighted by molar-refractivity contribution is -0.133. The standard InChI is InChI=1S/C23H24FN5O4S/c24-20-16-18(6-7-21(20)28-11-10-25-17-28)26-22(30)8-9-23(31)27-12-14-29(15-13-27)34(32,33)19-4-2-1-3-5-19/h1-7,10-11,16-17H,8-9,12-15H2,(H,26,30). The molecule has 0 unspecified atom stereocenters. The van der Waals surface area contributed by atoms with Crippen molar-refractivity contribution >= 4 is 27.5 Å². The van der Waals surface area contributed by atoms with Gasteiger partial charge in [0.2, 0.25) is 21.8 Å². The number of rotatable bonds is 7.